The van der Waals surface area contributed by atoms with Crippen LogP contribution in [0.1, 0.15) is 18.2 Å². The first-order chi connectivity index (χ1) is 7.62. The zero-order chi connectivity index (χ0) is 11.8. The Morgan fingerprint density at radius 2 is 2.06 bits per heavy atom. The molecule has 2 rings (SSSR count). The topological polar surface area (TPSA) is 48.4 Å². The zero-order valence-corrected chi connectivity index (χ0v) is 9.91. The Morgan fingerprint density at radius 1 is 1.38 bits per heavy atom. The number of rotatable bonds is 3. The number of methoxy groups -OCH3 is 1. The number of hydrogen-bond donors (Lipinski definition) is 1. The highest BCUT2D eigenvalue weighted by Gasteiger charge is 2.31. The highest BCUT2D eigenvalue weighted by atomic mass is 16.5. The minimum atomic E-state index is -0.552. The lowest BCUT2D eigenvalue weighted by molar-refractivity contribution is -0.00725. The number of hydrogen-bond acceptors (Lipinski definition) is 3. The molecule has 1 unspecified atom stereocenters. The van der Waals surface area contributed by atoms with E-state index in [2.05, 4.69) is 0 Å². The molecular weight excluding hydrogens is 202 g/mol. The first-order valence-corrected chi connectivity index (χ1v) is 5.36. The van der Waals surface area contributed by atoms with Crippen LogP contribution < -0.4 is 5.73 Å². The number of benzene rings is 1. The van der Waals surface area contributed by atoms with Gasteiger partial charge >= 0.3 is 0 Å². The van der Waals surface area contributed by atoms with E-state index >= 15 is 0 Å². The molecule has 0 aliphatic carbocycles. The summed E-state index contributed by atoms with van der Waals surface area (Å²) in [5, 5.41) is 1.12. The van der Waals surface area contributed by atoms with Crippen molar-refractivity contribution in [1.29, 1.82) is 0 Å². The molecule has 2 aromatic rings. The third kappa shape index (κ3) is 1.52. The molecule has 0 aliphatic rings. The van der Waals surface area contributed by atoms with Crippen LogP contribution >= 0.6 is 0 Å². The van der Waals surface area contributed by atoms with Crippen molar-refractivity contribution in [2.45, 2.75) is 19.4 Å². The molecular formula is C13H17NO2. The van der Waals surface area contributed by atoms with E-state index in [4.69, 9.17) is 14.9 Å². The number of para-hydroxylation sites is 1. The van der Waals surface area contributed by atoms with E-state index in [1.165, 1.54) is 0 Å². The Hall–Kier alpha value is -1.32. The van der Waals surface area contributed by atoms with Crippen molar-refractivity contribution in [2.75, 3.05) is 13.7 Å². The van der Waals surface area contributed by atoms with Gasteiger partial charge in [-0.3, -0.25) is 0 Å². The molecule has 0 aliphatic heterocycles. The molecule has 16 heavy (non-hydrogen) atoms. The fourth-order valence-electron chi connectivity index (χ4n) is 1.95. The van der Waals surface area contributed by atoms with Crippen LogP contribution in [0.15, 0.2) is 28.7 Å². The molecule has 1 heterocycles. The van der Waals surface area contributed by atoms with Gasteiger partial charge in [0.1, 0.15) is 16.9 Å². The van der Waals surface area contributed by atoms with Crippen LogP contribution in [0.2, 0.25) is 0 Å². The Kier molecular flexibility index (Phi) is 2.74. The van der Waals surface area contributed by atoms with Gasteiger partial charge in [0.2, 0.25) is 0 Å². The van der Waals surface area contributed by atoms with Gasteiger partial charge in [0.25, 0.3) is 0 Å². The fraction of sp³-hybridized carbons (Fsp3) is 0.385. The van der Waals surface area contributed by atoms with Crippen LogP contribution in [0.3, 0.4) is 0 Å². The Bertz CT molecular complexity index is 498. The standard InChI is InChI=1S/C13H17NO2/c1-9-10-6-4-5-7-11(10)16-12(9)13(2,8-14)15-3/h4-7H,8,14H2,1-3H3. The molecule has 0 fully saturated rings. The molecule has 2 N–H and O–H groups in total. The van der Waals surface area contributed by atoms with Crippen molar-refractivity contribution >= 4 is 11.0 Å². The lowest BCUT2D eigenvalue weighted by atomic mass is 9.99. The summed E-state index contributed by atoms with van der Waals surface area (Å²) in [6, 6.07) is 7.96. The summed E-state index contributed by atoms with van der Waals surface area (Å²) >= 11 is 0. The van der Waals surface area contributed by atoms with Crippen LogP contribution in [0, 0.1) is 6.92 Å². The summed E-state index contributed by atoms with van der Waals surface area (Å²) in [6.07, 6.45) is 0. The third-order valence-corrected chi connectivity index (χ3v) is 3.16. The van der Waals surface area contributed by atoms with E-state index in [0.717, 1.165) is 22.3 Å². The van der Waals surface area contributed by atoms with Gasteiger partial charge in [0.05, 0.1) is 0 Å². The highest BCUT2D eigenvalue weighted by Crippen LogP contribution is 2.33. The number of fused-ring (bicyclic) bond motifs is 1. The second-order valence-electron chi connectivity index (χ2n) is 4.19. The summed E-state index contributed by atoms with van der Waals surface area (Å²) in [7, 11) is 1.65. The lowest BCUT2D eigenvalue weighted by Gasteiger charge is -2.24. The normalized spacial score (nSPS) is 15.2. The van der Waals surface area contributed by atoms with Crippen LogP contribution in [-0.4, -0.2) is 13.7 Å². The van der Waals surface area contributed by atoms with E-state index in [1.807, 2.05) is 38.1 Å². The zero-order valence-electron chi connectivity index (χ0n) is 9.91. The predicted molar refractivity (Wildman–Crippen MR) is 64.4 cm³/mol. The van der Waals surface area contributed by atoms with E-state index in [1.54, 1.807) is 7.11 Å². The molecule has 0 bridgehead atoms. The molecule has 3 nitrogen and oxygen atoms in total. The highest BCUT2D eigenvalue weighted by molar-refractivity contribution is 5.82. The summed E-state index contributed by atoms with van der Waals surface area (Å²) in [5.74, 6) is 0.818. The monoisotopic (exact) mass is 219 g/mol. The van der Waals surface area contributed by atoms with Crippen molar-refractivity contribution < 1.29 is 9.15 Å². The van der Waals surface area contributed by atoms with Crippen LogP contribution in [0.5, 0.6) is 0 Å². The van der Waals surface area contributed by atoms with Gasteiger partial charge in [-0.15, -0.1) is 0 Å². The average molecular weight is 219 g/mol. The van der Waals surface area contributed by atoms with Crippen LogP contribution in [0.4, 0.5) is 0 Å². The molecule has 1 aromatic carbocycles. The third-order valence-electron chi connectivity index (χ3n) is 3.16. The largest absolute Gasteiger partial charge is 0.458 e. The quantitative estimate of drug-likeness (QED) is 0.863. The minimum Gasteiger partial charge on any atom is -0.458 e. The van der Waals surface area contributed by atoms with Crippen molar-refractivity contribution in [3.8, 4) is 0 Å². The Morgan fingerprint density at radius 3 is 2.62 bits per heavy atom. The number of furan rings is 1. The molecule has 3 heteroatoms. The van der Waals surface area contributed by atoms with Crippen LogP contribution in [0.25, 0.3) is 11.0 Å². The second kappa shape index (κ2) is 3.92. The molecule has 1 aromatic heterocycles. The van der Waals surface area contributed by atoms with Crippen molar-refractivity contribution in [3.05, 3.63) is 35.6 Å². The van der Waals surface area contributed by atoms with Gasteiger partial charge < -0.3 is 14.9 Å². The second-order valence-corrected chi connectivity index (χ2v) is 4.19. The maximum Gasteiger partial charge on any atom is 0.141 e. The van der Waals surface area contributed by atoms with E-state index in [0.29, 0.717) is 6.54 Å². The SMILES string of the molecule is COC(C)(CN)c1oc2ccccc2c1C. The lowest BCUT2D eigenvalue weighted by Crippen LogP contribution is -2.33. The molecule has 0 spiro atoms. The summed E-state index contributed by atoms with van der Waals surface area (Å²) in [6.45, 7) is 4.37. The molecule has 86 valence electrons. The fourth-order valence-corrected chi connectivity index (χ4v) is 1.95. The smallest absolute Gasteiger partial charge is 0.141 e. The Balaban J connectivity index is 2.65. The first-order valence-electron chi connectivity index (χ1n) is 5.36. The number of aryl methyl sites for hydroxylation is 1. The van der Waals surface area contributed by atoms with Gasteiger partial charge in [0.15, 0.2) is 0 Å². The summed E-state index contributed by atoms with van der Waals surface area (Å²) in [5.41, 5.74) is 7.19. The van der Waals surface area contributed by atoms with Gasteiger partial charge in [-0.25, -0.2) is 0 Å². The molecule has 1 atom stereocenters. The minimum absolute atomic E-state index is 0.393. The van der Waals surface area contributed by atoms with E-state index in [-0.39, 0.29) is 0 Å². The number of ether oxygens (including phenoxy) is 1. The van der Waals surface area contributed by atoms with Gasteiger partial charge in [0, 0.05) is 24.6 Å². The van der Waals surface area contributed by atoms with Crippen molar-refractivity contribution in [2.24, 2.45) is 5.73 Å². The molecule has 0 amide bonds. The van der Waals surface area contributed by atoms with E-state index < -0.39 is 5.60 Å². The first kappa shape index (κ1) is 11.2. The predicted octanol–water partition coefficient (Wildman–Crippen LogP) is 2.56. The molecule has 0 saturated heterocycles. The maximum atomic E-state index is 5.84. The van der Waals surface area contributed by atoms with Gasteiger partial charge in [-0.1, -0.05) is 18.2 Å². The maximum absolute atomic E-state index is 5.84. The van der Waals surface area contributed by atoms with Gasteiger partial charge in [-0.2, -0.15) is 0 Å². The summed E-state index contributed by atoms with van der Waals surface area (Å²) in [4.78, 5) is 0. The molecule has 0 radical (unpaired) electrons. The summed E-state index contributed by atoms with van der Waals surface area (Å²) < 4.78 is 11.3. The van der Waals surface area contributed by atoms with Crippen molar-refractivity contribution in [3.63, 3.8) is 0 Å². The van der Waals surface area contributed by atoms with Crippen LogP contribution in [-0.2, 0) is 10.3 Å². The Labute approximate surface area is 95.2 Å². The van der Waals surface area contributed by atoms with E-state index in [9.17, 15) is 0 Å². The van der Waals surface area contributed by atoms with Crippen molar-refractivity contribution in [1.82, 2.24) is 0 Å². The van der Waals surface area contributed by atoms with Gasteiger partial charge in [-0.05, 0) is 19.9 Å². The average Bonchev–Trinajstić information content (AvgIpc) is 2.67. The molecule has 0 saturated carbocycles. The number of nitrogens with two attached hydrogens (primary N) is 1.